The number of rotatable bonds is 9. The molecule has 0 saturated heterocycles. The van der Waals surface area contributed by atoms with Crippen LogP contribution in [0.25, 0.3) is 0 Å². The van der Waals surface area contributed by atoms with Gasteiger partial charge in [0, 0.05) is 13.0 Å². The second kappa shape index (κ2) is 9.46. The monoisotopic (exact) mass is 229 g/mol. The maximum atomic E-state index is 8.43. The van der Waals surface area contributed by atoms with E-state index in [1.165, 1.54) is 19.4 Å². The third-order valence-electron chi connectivity index (χ3n) is 3.15. The SMILES string of the molecule is CCC(CC)CN(CC)CCCC(N)=NO. The zero-order valence-corrected chi connectivity index (χ0v) is 10.9. The van der Waals surface area contributed by atoms with Crippen molar-refractivity contribution in [2.75, 3.05) is 19.6 Å². The van der Waals surface area contributed by atoms with Crippen molar-refractivity contribution >= 4 is 5.84 Å². The summed E-state index contributed by atoms with van der Waals surface area (Å²) in [5.74, 6) is 1.13. The van der Waals surface area contributed by atoms with Crippen molar-refractivity contribution in [3.05, 3.63) is 0 Å². The molecule has 0 amide bonds. The molecule has 0 aliphatic heterocycles. The molecule has 0 heterocycles. The van der Waals surface area contributed by atoms with E-state index in [1.54, 1.807) is 0 Å². The lowest BCUT2D eigenvalue weighted by atomic mass is 10.0. The molecule has 0 radical (unpaired) electrons. The van der Waals surface area contributed by atoms with Gasteiger partial charge in [-0.2, -0.15) is 0 Å². The first-order valence-electron chi connectivity index (χ1n) is 6.36. The Kier molecular flexibility index (Phi) is 9.00. The van der Waals surface area contributed by atoms with Gasteiger partial charge >= 0.3 is 0 Å². The zero-order chi connectivity index (χ0) is 12.4. The summed E-state index contributed by atoms with van der Waals surface area (Å²) in [5, 5.41) is 11.4. The van der Waals surface area contributed by atoms with Gasteiger partial charge in [0.15, 0.2) is 0 Å². The van der Waals surface area contributed by atoms with E-state index in [0.717, 1.165) is 25.4 Å². The van der Waals surface area contributed by atoms with Gasteiger partial charge in [-0.15, -0.1) is 0 Å². The van der Waals surface area contributed by atoms with Gasteiger partial charge in [-0.3, -0.25) is 0 Å². The molecule has 4 heteroatoms. The molecule has 0 bridgehead atoms. The number of hydrogen-bond acceptors (Lipinski definition) is 3. The highest BCUT2D eigenvalue weighted by atomic mass is 16.4. The Labute approximate surface area is 99.5 Å². The fourth-order valence-corrected chi connectivity index (χ4v) is 1.82. The average molecular weight is 229 g/mol. The second-order valence-corrected chi connectivity index (χ2v) is 4.27. The van der Waals surface area contributed by atoms with Crippen LogP contribution in [0, 0.1) is 5.92 Å². The van der Waals surface area contributed by atoms with Crippen LogP contribution in [0.3, 0.4) is 0 Å². The topological polar surface area (TPSA) is 61.8 Å². The first-order valence-corrected chi connectivity index (χ1v) is 6.36. The van der Waals surface area contributed by atoms with E-state index in [1.807, 2.05) is 0 Å². The molecular weight excluding hydrogens is 202 g/mol. The van der Waals surface area contributed by atoms with Gasteiger partial charge in [0.1, 0.15) is 5.84 Å². The van der Waals surface area contributed by atoms with E-state index in [0.29, 0.717) is 12.3 Å². The highest BCUT2D eigenvalue weighted by Crippen LogP contribution is 2.10. The van der Waals surface area contributed by atoms with E-state index in [2.05, 4.69) is 30.8 Å². The van der Waals surface area contributed by atoms with E-state index < -0.39 is 0 Å². The largest absolute Gasteiger partial charge is 0.409 e. The predicted molar refractivity (Wildman–Crippen MR) is 68.8 cm³/mol. The first-order chi connectivity index (χ1) is 7.67. The standard InChI is InChI=1S/C12H27N3O/c1-4-11(5-2)10-15(6-3)9-7-8-12(13)14-16/h11,16H,4-10H2,1-3H3,(H2,13,14). The van der Waals surface area contributed by atoms with Gasteiger partial charge in [-0.1, -0.05) is 38.8 Å². The number of hydrogen-bond donors (Lipinski definition) is 2. The van der Waals surface area contributed by atoms with Crippen LogP contribution in [0.5, 0.6) is 0 Å². The Balaban J connectivity index is 3.82. The van der Waals surface area contributed by atoms with E-state index in [9.17, 15) is 0 Å². The maximum absolute atomic E-state index is 8.43. The van der Waals surface area contributed by atoms with E-state index in [-0.39, 0.29) is 0 Å². The van der Waals surface area contributed by atoms with Crippen molar-refractivity contribution < 1.29 is 5.21 Å². The lowest BCUT2D eigenvalue weighted by Gasteiger charge is -2.25. The lowest BCUT2D eigenvalue weighted by Crippen LogP contribution is -2.30. The summed E-state index contributed by atoms with van der Waals surface area (Å²) in [4.78, 5) is 2.45. The van der Waals surface area contributed by atoms with Crippen LogP contribution in [-0.4, -0.2) is 35.6 Å². The summed E-state index contributed by atoms with van der Waals surface area (Å²) in [5.41, 5.74) is 5.44. The average Bonchev–Trinajstić information content (AvgIpc) is 2.33. The fraction of sp³-hybridized carbons (Fsp3) is 0.917. The van der Waals surface area contributed by atoms with Crippen molar-refractivity contribution in [3.63, 3.8) is 0 Å². The Morgan fingerprint density at radius 3 is 2.38 bits per heavy atom. The van der Waals surface area contributed by atoms with Gasteiger partial charge in [-0.05, 0) is 25.4 Å². The minimum atomic E-state index is 0.332. The van der Waals surface area contributed by atoms with Crippen LogP contribution in [0.2, 0.25) is 0 Å². The van der Waals surface area contributed by atoms with Crippen molar-refractivity contribution in [2.45, 2.75) is 46.5 Å². The van der Waals surface area contributed by atoms with Crippen LogP contribution < -0.4 is 5.73 Å². The number of nitrogens with two attached hydrogens (primary N) is 1. The molecule has 0 aromatic carbocycles. The molecule has 4 nitrogen and oxygen atoms in total. The Bertz CT molecular complexity index is 191. The normalized spacial score (nSPS) is 12.7. The third-order valence-corrected chi connectivity index (χ3v) is 3.15. The predicted octanol–water partition coefficient (Wildman–Crippen LogP) is 2.27. The van der Waals surface area contributed by atoms with Gasteiger partial charge in [0.05, 0.1) is 0 Å². The van der Waals surface area contributed by atoms with E-state index >= 15 is 0 Å². The molecule has 0 saturated carbocycles. The summed E-state index contributed by atoms with van der Waals surface area (Å²) >= 11 is 0. The number of oxime groups is 1. The summed E-state index contributed by atoms with van der Waals surface area (Å²) in [6.45, 7) is 9.96. The maximum Gasteiger partial charge on any atom is 0.139 e. The highest BCUT2D eigenvalue weighted by molar-refractivity contribution is 5.79. The summed E-state index contributed by atoms with van der Waals surface area (Å²) in [7, 11) is 0. The van der Waals surface area contributed by atoms with Gasteiger partial charge in [0.2, 0.25) is 0 Å². The molecule has 16 heavy (non-hydrogen) atoms. The number of nitrogens with zero attached hydrogens (tertiary/aromatic N) is 2. The Morgan fingerprint density at radius 1 is 1.31 bits per heavy atom. The molecular formula is C12H27N3O. The highest BCUT2D eigenvalue weighted by Gasteiger charge is 2.09. The van der Waals surface area contributed by atoms with Crippen LogP contribution in [-0.2, 0) is 0 Å². The lowest BCUT2D eigenvalue weighted by molar-refractivity contribution is 0.232. The van der Waals surface area contributed by atoms with E-state index in [4.69, 9.17) is 10.9 Å². The van der Waals surface area contributed by atoms with Crippen molar-refractivity contribution in [3.8, 4) is 0 Å². The molecule has 0 fully saturated rings. The number of amidine groups is 1. The fourth-order valence-electron chi connectivity index (χ4n) is 1.82. The zero-order valence-electron chi connectivity index (χ0n) is 10.9. The van der Waals surface area contributed by atoms with Crippen molar-refractivity contribution in [2.24, 2.45) is 16.8 Å². The Morgan fingerprint density at radius 2 is 1.94 bits per heavy atom. The molecule has 0 aromatic rings. The molecule has 0 aliphatic carbocycles. The van der Waals surface area contributed by atoms with Crippen LogP contribution in [0.15, 0.2) is 5.16 Å². The smallest absolute Gasteiger partial charge is 0.139 e. The molecule has 0 atom stereocenters. The molecule has 96 valence electrons. The molecule has 0 aromatic heterocycles. The van der Waals surface area contributed by atoms with Gasteiger partial charge in [0.25, 0.3) is 0 Å². The van der Waals surface area contributed by atoms with Crippen molar-refractivity contribution in [1.29, 1.82) is 0 Å². The third kappa shape index (κ3) is 6.67. The summed E-state index contributed by atoms with van der Waals surface area (Å²) in [6, 6.07) is 0. The summed E-state index contributed by atoms with van der Waals surface area (Å²) in [6.07, 6.45) is 4.13. The van der Waals surface area contributed by atoms with Crippen molar-refractivity contribution in [1.82, 2.24) is 4.90 Å². The van der Waals surface area contributed by atoms with Crippen LogP contribution in [0.1, 0.15) is 46.5 Å². The molecule has 0 spiro atoms. The van der Waals surface area contributed by atoms with Gasteiger partial charge in [-0.25, -0.2) is 0 Å². The molecule has 0 unspecified atom stereocenters. The molecule has 0 rings (SSSR count). The molecule has 0 aliphatic rings. The minimum absolute atomic E-state index is 0.332. The van der Waals surface area contributed by atoms with Gasteiger partial charge < -0.3 is 15.8 Å². The van der Waals surface area contributed by atoms with Crippen LogP contribution in [0.4, 0.5) is 0 Å². The summed E-state index contributed by atoms with van der Waals surface area (Å²) < 4.78 is 0. The molecule has 3 N–H and O–H groups in total. The Hall–Kier alpha value is -0.770. The second-order valence-electron chi connectivity index (χ2n) is 4.27. The quantitative estimate of drug-likeness (QED) is 0.276. The van der Waals surface area contributed by atoms with Crippen LogP contribution >= 0.6 is 0 Å². The minimum Gasteiger partial charge on any atom is -0.409 e. The first kappa shape index (κ1) is 15.2.